The van der Waals surface area contributed by atoms with Crippen molar-refractivity contribution in [2.45, 2.75) is 44.4 Å². The lowest BCUT2D eigenvalue weighted by molar-refractivity contribution is -0.142. The lowest BCUT2D eigenvalue weighted by Crippen LogP contribution is -2.32. The van der Waals surface area contributed by atoms with Crippen molar-refractivity contribution in [2.75, 3.05) is 12.9 Å². The molecule has 2 unspecified atom stereocenters. The molecule has 0 aliphatic rings. The van der Waals surface area contributed by atoms with Gasteiger partial charge in [-0.2, -0.15) is 11.8 Å². The fourth-order valence-electron chi connectivity index (χ4n) is 1.16. The predicted octanol–water partition coefficient (Wildman–Crippen LogP) is 1.80. The van der Waals surface area contributed by atoms with Gasteiger partial charge in [-0.15, -0.1) is 0 Å². The predicted molar refractivity (Wildman–Crippen MR) is 61.4 cm³/mol. The minimum absolute atomic E-state index is 0.311. The number of nitrogens with two attached hydrogens (primary N) is 1. The molecule has 0 saturated heterocycles. The molecule has 14 heavy (non-hydrogen) atoms. The average molecular weight is 219 g/mol. The Morgan fingerprint density at radius 3 is 2.64 bits per heavy atom. The van der Waals surface area contributed by atoms with E-state index in [1.54, 1.807) is 0 Å². The Balaban J connectivity index is 3.48. The molecular weight excluding hydrogens is 198 g/mol. The number of hydrogen-bond donors (Lipinski definition) is 1. The minimum atomic E-state index is -0.457. The maximum absolute atomic E-state index is 11.0. The Hall–Kier alpha value is -0.220. The molecule has 0 amide bonds. The summed E-state index contributed by atoms with van der Waals surface area (Å²) in [6, 6.07) is -0.457. The maximum Gasteiger partial charge on any atom is 0.322 e. The summed E-state index contributed by atoms with van der Waals surface area (Å²) >= 11 is 1.87. The molecule has 0 aromatic rings. The highest BCUT2D eigenvalue weighted by Gasteiger charge is 2.13. The van der Waals surface area contributed by atoms with Crippen LogP contribution in [0.5, 0.6) is 0 Å². The summed E-state index contributed by atoms with van der Waals surface area (Å²) in [6.45, 7) is 4.38. The van der Waals surface area contributed by atoms with E-state index >= 15 is 0 Å². The van der Waals surface area contributed by atoms with E-state index in [2.05, 4.69) is 18.6 Å². The summed E-state index contributed by atoms with van der Waals surface area (Å²) < 4.78 is 4.54. The first-order chi connectivity index (χ1) is 6.61. The second-order valence-electron chi connectivity index (χ2n) is 3.39. The first-order valence-electron chi connectivity index (χ1n) is 5.06. The summed E-state index contributed by atoms with van der Waals surface area (Å²) in [5.74, 6) is 0.617. The maximum atomic E-state index is 11.0. The summed E-state index contributed by atoms with van der Waals surface area (Å²) in [4.78, 5) is 11.0. The van der Waals surface area contributed by atoms with Crippen LogP contribution in [0.15, 0.2) is 0 Å². The average Bonchev–Trinajstić information content (AvgIpc) is 2.16. The van der Waals surface area contributed by atoms with Crippen LogP contribution in [0.3, 0.4) is 0 Å². The summed E-state index contributed by atoms with van der Waals surface area (Å²) in [6.07, 6.45) is 3.13. The molecule has 0 radical (unpaired) electrons. The Morgan fingerprint density at radius 1 is 1.50 bits per heavy atom. The molecule has 2 atom stereocenters. The highest BCUT2D eigenvalue weighted by atomic mass is 32.2. The minimum Gasteiger partial charge on any atom is -0.468 e. The second-order valence-corrected chi connectivity index (χ2v) is 4.93. The zero-order valence-electron chi connectivity index (χ0n) is 9.29. The number of carbonyl (C=O) groups excluding carboxylic acids is 1. The normalized spacial score (nSPS) is 14.9. The van der Waals surface area contributed by atoms with Gasteiger partial charge in [-0.1, -0.05) is 20.3 Å². The van der Waals surface area contributed by atoms with Crippen molar-refractivity contribution in [3.8, 4) is 0 Å². The van der Waals surface area contributed by atoms with Gasteiger partial charge in [-0.3, -0.25) is 4.79 Å². The third kappa shape index (κ3) is 6.27. The largest absolute Gasteiger partial charge is 0.468 e. The number of carbonyl (C=O) groups is 1. The molecule has 3 nitrogen and oxygen atoms in total. The van der Waals surface area contributed by atoms with Gasteiger partial charge in [0.15, 0.2) is 0 Å². The molecule has 0 aromatic carbocycles. The molecule has 0 fully saturated rings. The van der Waals surface area contributed by atoms with E-state index in [9.17, 15) is 4.79 Å². The molecule has 0 spiro atoms. The summed E-state index contributed by atoms with van der Waals surface area (Å²) in [7, 11) is 1.37. The number of rotatable bonds is 7. The van der Waals surface area contributed by atoms with Crippen molar-refractivity contribution < 1.29 is 9.53 Å². The summed E-state index contributed by atoms with van der Waals surface area (Å²) in [5, 5.41) is 0.657. The lowest BCUT2D eigenvalue weighted by atomic mass is 10.2. The van der Waals surface area contributed by atoms with Gasteiger partial charge in [0.2, 0.25) is 0 Å². The fraction of sp³-hybridized carbons (Fsp3) is 0.900. The fourth-order valence-corrected chi connectivity index (χ4v) is 2.35. The number of methoxy groups -OCH3 is 1. The lowest BCUT2D eigenvalue weighted by Gasteiger charge is -2.12. The zero-order valence-corrected chi connectivity index (χ0v) is 10.1. The van der Waals surface area contributed by atoms with E-state index in [-0.39, 0.29) is 5.97 Å². The van der Waals surface area contributed by atoms with Crippen LogP contribution in [0.4, 0.5) is 0 Å². The number of esters is 1. The van der Waals surface area contributed by atoms with Gasteiger partial charge in [0.05, 0.1) is 7.11 Å². The van der Waals surface area contributed by atoms with Crippen molar-refractivity contribution in [1.29, 1.82) is 0 Å². The molecule has 4 heteroatoms. The van der Waals surface area contributed by atoms with Crippen LogP contribution >= 0.6 is 11.8 Å². The summed E-state index contributed by atoms with van der Waals surface area (Å²) in [5.41, 5.74) is 5.60. The third-order valence-corrected chi connectivity index (χ3v) is 3.31. The van der Waals surface area contributed by atoms with Crippen LogP contribution in [0, 0.1) is 0 Å². The van der Waals surface area contributed by atoms with Gasteiger partial charge in [-0.05, 0) is 18.6 Å². The molecule has 2 N–H and O–H groups in total. The Labute approximate surface area is 90.8 Å². The van der Waals surface area contributed by atoms with Gasteiger partial charge in [-0.25, -0.2) is 0 Å². The Bertz CT molecular complexity index is 164. The van der Waals surface area contributed by atoms with Gasteiger partial charge >= 0.3 is 5.97 Å². The van der Waals surface area contributed by atoms with Crippen LogP contribution in [-0.2, 0) is 9.53 Å². The molecule has 0 rings (SSSR count). The second kappa shape index (κ2) is 8.12. The van der Waals surface area contributed by atoms with Crippen molar-refractivity contribution in [3.63, 3.8) is 0 Å². The van der Waals surface area contributed by atoms with Crippen molar-refractivity contribution >= 4 is 17.7 Å². The first kappa shape index (κ1) is 13.8. The van der Waals surface area contributed by atoms with Crippen LogP contribution in [0.25, 0.3) is 0 Å². The van der Waals surface area contributed by atoms with Crippen molar-refractivity contribution in [1.82, 2.24) is 0 Å². The quantitative estimate of drug-likeness (QED) is 0.663. The van der Waals surface area contributed by atoms with E-state index in [0.717, 1.165) is 5.75 Å². The molecule has 84 valence electrons. The van der Waals surface area contributed by atoms with Crippen LogP contribution < -0.4 is 5.73 Å². The topological polar surface area (TPSA) is 52.3 Å². The highest BCUT2D eigenvalue weighted by Crippen LogP contribution is 2.16. The third-order valence-electron chi connectivity index (χ3n) is 2.03. The molecule has 0 aliphatic heterocycles. The van der Waals surface area contributed by atoms with Gasteiger partial charge < -0.3 is 10.5 Å². The Morgan fingerprint density at radius 2 is 2.14 bits per heavy atom. The van der Waals surface area contributed by atoms with Crippen molar-refractivity contribution in [2.24, 2.45) is 5.73 Å². The van der Waals surface area contributed by atoms with Crippen molar-refractivity contribution in [3.05, 3.63) is 0 Å². The van der Waals surface area contributed by atoms with E-state index < -0.39 is 6.04 Å². The molecule has 0 bridgehead atoms. The van der Waals surface area contributed by atoms with Crippen LogP contribution in [-0.4, -0.2) is 30.1 Å². The highest BCUT2D eigenvalue weighted by molar-refractivity contribution is 7.99. The van der Waals surface area contributed by atoms with E-state index in [1.807, 2.05) is 11.8 Å². The first-order valence-corrected chi connectivity index (χ1v) is 6.11. The molecule has 0 aromatic heterocycles. The van der Waals surface area contributed by atoms with Gasteiger partial charge in [0.25, 0.3) is 0 Å². The van der Waals surface area contributed by atoms with Crippen LogP contribution in [0.2, 0.25) is 0 Å². The Kier molecular flexibility index (Phi) is 7.99. The SMILES string of the molecule is CCCC(C)SCCC(N)C(=O)OC. The number of ether oxygens (including phenoxy) is 1. The molecular formula is C10H21NO2S. The van der Waals surface area contributed by atoms with E-state index in [0.29, 0.717) is 11.7 Å². The van der Waals surface area contributed by atoms with Crippen LogP contribution in [0.1, 0.15) is 33.1 Å². The number of thioether (sulfide) groups is 1. The monoisotopic (exact) mass is 219 g/mol. The zero-order chi connectivity index (χ0) is 11.0. The molecule has 0 aliphatic carbocycles. The van der Waals surface area contributed by atoms with E-state index in [4.69, 9.17) is 5.73 Å². The molecule has 0 heterocycles. The molecule has 0 saturated carbocycles. The van der Waals surface area contributed by atoms with E-state index in [1.165, 1.54) is 20.0 Å². The standard InChI is InChI=1S/C10H21NO2S/c1-4-5-8(2)14-7-6-9(11)10(12)13-3/h8-9H,4-7,11H2,1-3H3. The smallest absolute Gasteiger partial charge is 0.322 e. The van der Waals surface area contributed by atoms with Gasteiger partial charge in [0.1, 0.15) is 6.04 Å². The number of hydrogen-bond acceptors (Lipinski definition) is 4. The van der Waals surface area contributed by atoms with Gasteiger partial charge in [0, 0.05) is 5.25 Å².